The summed E-state index contributed by atoms with van der Waals surface area (Å²) in [5.74, 6) is 3.68. The molecule has 7 aromatic carbocycles. The van der Waals surface area contributed by atoms with E-state index in [1.165, 1.54) is 10.8 Å². The van der Waals surface area contributed by atoms with Gasteiger partial charge in [0.25, 0.3) is 0 Å². The molecule has 0 aliphatic heterocycles. The summed E-state index contributed by atoms with van der Waals surface area (Å²) in [6, 6.07) is 61.9. The number of aromatic nitrogens is 7. The quantitative estimate of drug-likeness (QED) is 0.158. The molecule has 1 atom stereocenters. The molecule has 292 valence electrons. The van der Waals surface area contributed by atoms with E-state index in [2.05, 4.69) is 89.5 Å². The molecule has 12 rings (SSSR count). The zero-order valence-corrected chi connectivity index (χ0v) is 33.3. The van der Waals surface area contributed by atoms with Gasteiger partial charge in [0.2, 0.25) is 0 Å². The monoisotopic (exact) mass is 797 g/mol. The van der Waals surface area contributed by atoms with Crippen LogP contribution in [0.15, 0.2) is 186 Å². The van der Waals surface area contributed by atoms with Crippen LogP contribution in [-0.4, -0.2) is 34.5 Å². The molecule has 0 bridgehead atoms. The summed E-state index contributed by atoms with van der Waals surface area (Å²) in [7, 11) is 0. The standard InChI is InChI=1S/C54H35N7O/c1-5-15-34(16-6-1)49-55-50(35-17-7-2-8-18-35)59-54(58-49)39-26-29-43-44-31-37(27-30-47(44)62-48(43)33-39)52-56-51(36-19-9-3-10-20-36)57-53(60-52)38-25-28-42-41-23-13-14-24-45(41)61(46(42)32-38)40-21-11-4-12-22-40/h1-25,27-33,39H,26H2. The first-order valence-electron chi connectivity index (χ1n) is 20.7. The van der Waals surface area contributed by atoms with Crippen molar-refractivity contribution in [3.63, 3.8) is 0 Å². The van der Waals surface area contributed by atoms with Crippen molar-refractivity contribution in [3.05, 3.63) is 198 Å². The van der Waals surface area contributed by atoms with Crippen LogP contribution in [0.4, 0.5) is 0 Å². The first-order chi connectivity index (χ1) is 30.7. The Kier molecular flexibility index (Phi) is 8.45. The Balaban J connectivity index is 0.970. The molecule has 0 spiro atoms. The van der Waals surface area contributed by atoms with Crippen molar-refractivity contribution in [3.8, 4) is 62.6 Å². The predicted octanol–water partition coefficient (Wildman–Crippen LogP) is 11.0. The number of rotatable bonds is 7. The van der Waals surface area contributed by atoms with E-state index >= 15 is 0 Å². The Labute approximate surface area is 355 Å². The molecule has 0 N–H and O–H groups in total. The number of hydrogen-bond acceptors (Lipinski definition) is 7. The molecule has 62 heavy (non-hydrogen) atoms. The minimum atomic E-state index is -0.104. The van der Waals surface area contributed by atoms with Gasteiger partial charge in [0, 0.05) is 60.8 Å². The highest BCUT2D eigenvalue weighted by Crippen LogP contribution is 2.35. The third-order valence-corrected chi connectivity index (χ3v) is 11.6. The first kappa shape index (κ1) is 35.6. The minimum absolute atomic E-state index is 0.104. The van der Waals surface area contributed by atoms with Crippen LogP contribution < -0.4 is 10.6 Å². The zero-order valence-electron chi connectivity index (χ0n) is 33.3. The lowest BCUT2D eigenvalue weighted by molar-refractivity contribution is 0.568. The summed E-state index contributed by atoms with van der Waals surface area (Å²) >= 11 is 0. The van der Waals surface area contributed by atoms with Gasteiger partial charge in [-0.1, -0.05) is 146 Å². The molecule has 1 unspecified atom stereocenters. The zero-order chi connectivity index (χ0) is 41.0. The van der Waals surface area contributed by atoms with Crippen molar-refractivity contribution in [2.75, 3.05) is 0 Å². The van der Waals surface area contributed by atoms with E-state index in [9.17, 15) is 0 Å². The molecule has 0 saturated heterocycles. The maximum atomic E-state index is 6.55. The van der Waals surface area contributed by atoms with Crippen LogP contribution in [0.1, 0.15) is 18.2 Å². The molecule has 0 radical (unpaired) electrons. The minimum Gasteiger partial charge on any atom is -0.456 e. The topological polar surface area (TPSA) is 95.4 Å². The van der Waals surface area contributed by atoms with Crippen molar-refractivity contribution in [2.45, 2.75) is 12.3 Å². The fourth-order valence-corrected chi connectivity index (χ4v) is 8.59. The Morgan fingerprint density at radius 3 is 1.55 bits per heavy atom. The second-order valence-corrected chi connectivity index (χ2v) is 15.5. The highest BCUT2D eigenvalue weighted by atomic mass is 16.3. The highest BCUT2D eigenvalue weighted by molar-refractivity contribution is 6.10. The van der Waals surface area contributed by atoms with Crippen LogP contribution in [-0.2, 0) is 0 Å². The van der Waals surface area contributed by atoms with Crippen molar-refractivity contribution in [1.29, 1.82) is 0 Å². The SMILES string of the molecule is C1=c2oc3ccc(-c4nc(-c5ccccc5)nc(-c5ccc6c7ccccc7n(-c7ccccc7)c6c5)n4)cc3c2=CCC1c1nc(-c2ccccc2)nc(-c2ccccc2)n1. The number of furan rings is 1. The fourth-order valence-electron chi connectivity index (χ4n) is 8.59. The van der Waals surface area contributed by atoms with E-state index in [0.717, 1.165) is 66.1 Å². The smallest absolute Gasteiger partial charge is 0.164 e. The van der Waals surface area contributed by atoms with Crippen LogP contribution in [0.2, 0.25) is 0 Å². The van der Waals surface area contributed by atoms with Gasteiger partial charge in [0.15, 0.2) is 29.1 Å². The largest absolute Gasteiger partial charge is 0.456 e. The van der Waals surface area contributed by atoms with Gasteiger partial charge in [-0.05, 0) is 55.0 Å². The summed E-state index contributed by atoms with van der Waals surface area (Å²) in [5.41, 5.74) is 9.47. The lowest BCUT2D eigenvalue weighted by Crippen LogP contribution is -2.25. The molecule has 0 amide bonds. The van der Waals surface area contributed by atoms with Crippen molar-refractivity contribution in [2.24, 2.45) is 0 Å². The summed E-state index contributed by atoms with van der Waals surface area (Å²) in [5, 5.41) is 4.39. The van der Waals surface area contributed by atoms with Gasteiger partial charge in [0.05, 0.1) is 11.0 Å². The molecular formula is C54H35N7O. The van der Waals surface area contributed by atoms with Gasteiger partial charge in [-0.2, -0.15) is 0 Å². The second-order valence-electron chi connectivity index (χ2n) is 15.5. The number of para-hydroxylation sites is 2. The van der Waals surface area contributed by atoms with Crippen LogP contribution in [0, 0.1) is 0 Å². The summed E-state index contributed by atoms with van der Waals surface area (Å²) in [4.78, 5) is 30.3. The summed E-state index contributed by atoms with van der Waals surface area (Å²) in [6.45, 7) is 0. The average molecular weight is 798 g/mol. The molecule has 11 aromatic rings. The maximum absolute atomic E-state index is 6.55. The van der Waals surface area contributed by atoms with Gasteiger partial charge in [-0.25, -0.2) is 29.9 Å². The Morgan fingerprint density at radius 2 is 0.919 bits per heavy atom. The molecule has 4 heterocycles. The van der Waals surface area contributed by atoms with Gasteiger partial charge in [-0.15, -0.1) is 0 Å². The Hall–Kier alpha value is -8.36. The lowest BCUT2D eigenvalue weighted by Gasteiger charge is -2.14. The number of hydrogen-bond donors (Lipinski definition) is 0. The number of nitrogens with zero attached hydrogens (tertiary/aromatic N) is 7. The first-order valence-corrected chi connectivity index (χ1v) is 20.7. The van der Waals surface area contributed by atoms with Crippen LogP contribution in [0.25, 0.3) is 108 Å². The Bertz CT molecular complexity index is 3550. The van der Waals surface area contributed by atoms with Crippen molar-refractivity contribution in [1.82, 2.24) is 34.5 Å². The van der Waals surface area contributed by atoms with E-state index in [0.29, 0.717) is 41.4 Å². The van der Waals surface area contributed by atoms with Crippen LogP contribution >= 0.6 is 0 Å². The normalized spacial score (nSPS) is 13.5. The van der Waals surface area contributed by atoms with Crippen LogP contribution in [0.3, 0.4) is 0 Å². The predicted molar refractivity (Wildman–Crippen MR) is 246 cm³/mol. The maximum Gasteiger partial charge on any atom is 0.164 e. The third-order valence-electron chi connectivity index (χ3n) is 11.6. The van der Waals surface area contributed by atoms with Crippen molar-refractivity contribution < 1.29 is 4.42 Å². The third kappa shape index (κ3) is 6.24. The van der Waals surface area contributed by atoms with Gasteiger partial charge in [-0.3, -0.25) is 0 Å². The van der Waals surface area contributed by atoms with Crippen LogP contribution in [0.5, 0.6) is 0 Å². The molecular weight excluding hydrogens is 763 g/mol. The average Bonchev–Trinajstić information content (AvgIpc) is 3.89. The number of benzene rings is 7. The van der Waals surface area contributed by atoms with Gasteiger partial charge < -0.3 is 8.98 Å². The van der Waals surface area contributed by atoms with E-state index in [-0.39, 0.29) is 5.92 Å². The highest BCUT2D eigenvalue weighted by Gasteiger charge is 2.22. The van der Waals surface area contributed by atoms with E-state index in [1.54, 1.807) is 0 Å². The van der Waals surface area contributed by atoms with E-state index < -0.39 is 0 Å². The van der Waals surface area contributed by atoms with Crippen molar-refractivity contribution >= 4 is 44.9 Å². The molecule has 8 nitrogen and oxygen atoms in total. The fraction of sp³-hybridized carbons (Fsp3) is 0.0370. The molecule has 1 aliphatic rings. The second kappa shape index (κ2) is 14.7. The van der Waals surface area contributed by atoms with E-state index in [1.807, 2.05) is 109 Å². The van der Waals surface area contributed by atoms with E-state index in [4.69, 9.17) is 34.3 Å². The number of fused-ring (bicyclic) bond motifs is 6. The lowest BCUT2D eigenvalue weighted by atomic mass is 9.98. The summed E-state index contributed by atoms with van der Waals surface area (Å²) in [6.07, 6.45) is 5.08. The van der Waals surface area contributed by atoms with Gasteiger partial charge >= 0.3 is 0 Å². The summed E-state index contributed by atoms with van der Waals surface area (Å²) < 4.78 is 8.86. The molecule has 1 aliphatic carbocycles. The molecule has 0 saturated carbocycles. The molecule has 0 fully saturated rings. The Morgan fingerprint density at radius 1 is 0.419 bits per heavy atom. The molecule has 4 aromatic heterocycles. The molecule has 8 heteroatoms. The van der Waals surface area contributed by atoms with Gasteiger partial charge in [0.1, 0.15) is 16.8 Å².